The normalized spacial score (nSPS) is 10.0. The molecular formula is C16H15Cl2N3O2. The average molecular weight is 352 g/mol. The lowest BCUT2D eigenvalue weighted by Gasteiger charge is -2.10. The Kier molecular flexibility index (Phi) is 5.84. The van der Waals surface area contributed by atoms with Gasteiger partial charge in [0.2, 0.25) is 5.91 Å². The monoisotopic (exact) mass is 351 g/mol. The van der Waals surface area contributed by atoms with Crippen LogP contribution in [0.25, 0.3) is 0 Å². The van der Waals surface area contributed by atoms with Gasteiger partial charge in [0.25, 0.3) is 5.91 Å². The van der Waals surface area contributed by atoms with Gasteiger partial charge in [-0.05, 0) is 36.4 Å². The van der Waals surface area contributed by atoms with Crippen molar-refractivity contribution in [3.8, 4) is 0 Å². The van der Waals surface area contributed by atoms with Crippen molar-refractivity contribution in [3.63, 3.8) is 0 Å². The molecule has 0 atom stereocenters. The summed E-state index contributed by atoms with van der Waals surface area (Å²) in [6.45, 7) is 0.0389. The lowest BCUT2D eigenvalue weighted by atomic mass is 10.2. The maximum atomic E-state index is 11.9. The number of hydrogen-bond acceptors (Lipinski definition) is 3. The van der Waals surface area contributed by atoms with Gasteiger partial charge in [-0.25, -0.2) is 0 Å². The summed E-state index contributed by atoms with van der Waals surface area (Å²) in [7, 11) is 1.56. The topological polar surface area (TPSA) is 70.2 Å². The van der Waals surface area contributed by atoms with E-state index in [1.54, 1.807) is 49.5 Å². The first-order chi connectivity index (χ1) is 11.0. The lowest BCUT2D eigenvalue weighted by Crippen LogP contribution is -2.22. The number of carbonyl (C=O) groups excluding carboxylic acids is 2. The number of benzene rings is 2. The number of amides is 2. The van der Waals surface area contributed by atoms with Crippen LogP contribution in [0.3, 0.4) is 0 Å². The van der Waals surface area contributed by atoms with Crippen molar-refractivity contribution in [2.45, 2.75) is 0 Å². The third-order valence-corrected chi connectivity index (χ3v) is 3.87. The van der Waals surface area contributed by atoms with E-state index < -0.39 is 0 Å². The summed E-state index contributed by atoms with van der Waals surface area (Å²) in [5.41, 5.74) is 1.71. The zero-order valence-electron chi connectivity index (χ0n) is 12.3. The molecule has 0 aliphatic heterocycles. The summed E-state index contributed by atoms with van der Waals surface area (Å²) < 4.78 is 0. The van der Waals surface area contributed by atoms with Gasteiger partial charge in [0.15, 0.2) is 0 Å². The fraction of sp³-hybridized carbons (Fsp3) is 0.125. The van der Waals surface area contributed by atoms with Gasteiger partial charge >= 0.3 is 0 Å². The molecule has 23 heavy (non-hydrogen) atoms. The fourth-order valence-electron chi connectivity index (χ4n) is 1.87. The highest BCUT2D eigenvalue weighted by Gasteiger charge is 2.07. The highest BCUT2D eigenvalue weighted by Crippen LogP contribution is 2.29. The first-order valence-electron chi connectivity index (χ1n) is 6.81. The SMILES string of the molecule is CNC(=O)c1ccc(NC(=O)CNc2cccc(Cl)c2Cl)cc1. The molecule has 3 N–H and O–H groups in total. The van der Waals surface area contributed by atoms with Crippen molar-refractivity contribution in [1.82, 2.24) is 5.32 Å². The third-order valence-electron chi connectivity index (χ3n) is 3.05. The van der Waals surface area contributed by atoms with Crippen LogP contribution in [0.4, 0.5) is 11.4 Å². The van der Waals surface area contributed by atoms with E-state index in [-0.39, 0.29) is 18.4 Å². The van der Waals surface area contributed by atoms with Crippen molar-refractivity contribution in [2.75, 3.05) is 24.2 Å². The van der Waals surface area contributed by atoms with Crippen LogP contribution in [0.5, 0.6) is 0 Å². The standard InChI is InChI=1S/C16H15Cl2N3O2/c1-19-16(23)10-5-7-11(8-6-10)21-14(22)9-20-13-4-2-3-12(17)15(13)18/h2-8,20H,9H2,1H3,(H,19,23)(H,21,22). The Morgan fingerprint density at radius 3 is 2.39 bits per heavy atom. The number of anilines is 2. The number of halogens is 2. The molecule has 0 aromatic heterocycles. The molecule has 0 radical (unpaired) electrons. The van der Waals surface area contributed by atoms with Crippen molar-refractivity contribution in [2.24, 2.45) is 0 Å². The van der Waals surface area contributed by atoms with Gasteiger partial charge in [0, 0.05) is 18.3 Å². The van der Waals surface area contributed by atoms with Crippen molar-refractivity contribution in [3.05, 3.63) is 58.1 Å². The molecule has 0 unspecified atom stereocenters. The second-order valence-electron chi connectivity index (χ2n) is 4.66. The highest BCUT2D eigenvalue weighted by atomic mass is 35.5. The molecule has 0 bridgehead atoms. The maximum Gasteiger partial charge on any atom is 0.251 e. The smallest absolute Gasteiger partial charge is 0.251 e. The molecule has 0 heterocycles. The van der Waals surface area contributed by atoms with Gasteiger partial charge < -0.3 is 16.0 Å². The third kappa shape index (κ3) is 4.61. The predicted molar refractivity (Wildman–Crippen MR) is 93.4 cm³/mol. The van der Waals surface area contributed by atoms with E-state index in [2.05, 4.69) is 16.0 Å². The van der Waals surface area contributed by atoms with Gasteiger partial charge in [0.1, 0.15) is 0 Å². The molecule has 2 rings (SSSR count). The van der Waals surface area contributed by atoms with Crippen molar-refractivity contribution < 1.29 is 9.59 Å². The highest BCUT2D eigenvalue weighted by molar-refractivity contribution is 6.43. The van der Waals surface area contributed by atoms with Crippen molar-refractivity contribution >= 4 is 46.4 Å². The number of nitrogens with one attached hydrogen (secondary N) is 3. The average Bonchev–Trinajstić information content (AvgIpc) is 2.56. The second kappa shape index (κ2) is 7.85. The van der Waals surface area contributed by atoms with Crippen LogP contribution in [0.1, 0.15) is 10.4 Å². The minimum absolute atomic E-state index is 0.0389. The zero-order chi connectivity index (χ0) is 16.8. The Bertz CT molecular complexity index is 718. The van der Waals surface area contributed by atoms with Crippen LogP contribution in [-0.4, -0.2) is 25.4 Å². The Morgan fingerprint density at radius 2 is 1.74 bits per heavy atom. The Hall–Kier alpha value is -2.24. The van der Waals surface area contributed by atoms with Crippen molar-refractivity contribution in [1.29, 1.82) is 0 Å². The van der Waals surface area contributed by atoms with Gasteiger partial charge in [-0.15, -0.1) is 0 Å². The molecule has 0 aliphatic rings. The van der Waals surface area contributed by atoms with E-state index in [1.807, 2.05) is 0 Å². The van der Waals surface area contributed by atoms with Crippen LogP contribution in [-0.2, 0) is 4.79 Å². The first-order valence-corrected chi connectivity index (χ1v) is 7.56. The summed E-state index contributed by atoms with van der Waals surface area (Å²) >= 11 is 11.9. The molecule has 5 nitrogen and oxygen atoms in total. The number of rotatable bonds is 5. The van der Waals surface area contributed by atoms with E-state index in [4.69, 9.17) is 23.2 Å². The minimum atomic E-state index is -0.242. The molecule has 2 aromatic carbocycles. The summed E-state index contributed by atoms with van der Waals surface area (Å²) in [5, 5.41) is 8.96. The summed E-state index contributed by atoms with van der Waals surface area (Å²) in [6, 6.07) is 11.7. The molecule has 2 aromatic rings. The van der Waals surface area contributed by atoms with Gasteiger partial charge in [0.05, 0.1) is 22.3 Å². The Morgan fingerprint density at radius 1 is 1.04 bits per heavy atom. The van der Waals surface area contributed by atoms with Gasteiger partial charge in [-0.1, -0.05) is 29.3 Å². The van der Waals surface area contributed by atoms with Gasteiger partial charge in [-0.3, -0.25) is 9.59 Å². The van der Waals surface area contributed by atoms with Crippen LogP contribution in [0, 0.1) is 0 Å². The van der Waals surface area contributed by atoms with Crippen LogP contribution in [0.15, 0.2) is 42.5 Å². The Balaban J connectivity index is 1.92. The number of carbonyl (C=O) groups is 2. The van der Waals surface area contributed by atoms with E-state index in [9.17, 15) is 9.59 Å². The molecule has 0 fully saturated rings. The second-order valence-corrected chi connectivity index (χ2v) is 5.44. The minimum Gasteiger partial charge on any atom is -0.375 e. The predicted octanol–water partition coefficient (Wildman–Crippen LogP) is 3.40. The molecule has 120 valence electrons. The maximum absolute atomic E-state index is 11.9. The van der Waals surface area contributed by atoms with Crippen LogP contribution >= 0.6 is 23.2 Å². The lowest BCUT2D eigenvalue weighted by molar-refractivity contribution is -0.114. The van der Waals surface area contributed by atoms with Crippen LogP contribution in [0.2, 0.25) is 10.0 Å². The first kappa shape index (κ1) is 17.1. The largest absolute Gasteiger partial charge is 0.375 e. The molecular weight excluding hydrogens is 337 g/mol. The summed E-state index contributed by atoms with van der Waals surface area (Å²) in [5.74, 6) is -0.422. The van der Waals surface area contributed by atoms with Gasteiger partial charge in [-0.2, -0.15) is 0 Å². The van der Waals surface area contributed by atoms with Crippen LogP contribution < -0.4 is 16.0 Å². The number of hydrogen-bond donors (Lipinski definition) is 3. The van der Waals surface area contributed by atoms with E-state index in [1.165, 1.54) is 0 Å². The molecule has 0 aliphatic carbocycles. The van der Waals surface area contributed by atoms with E-state index in [0.29, 0.717) is 27.0 Å². The zero-order valence-corrected chi connectivity index (χ0v) is 13.8. The summed E-state index contributed by atoms with van der Waals surface area (Å²) in [4.78, 5) is 23.4. The quantitative estimate of drug-likeness (QED) is 0.772. The Labute approximate surface area is 144 Å². The van der Waals surface area contributed by atoms with E-state index in [0.717, 1.165) is 0 Å². The fourth-order valence-corrected chi connectivity index (χ4v) is 2.24. The molecule has 0 spiro atoms. The molecule has 7 heteroatoms. The molecule has 0 saturated heterocycles. The molecule has 2 amide bonds. The summed E-state index contributed by atoms with van der Waals surface area (Å²) in [6.07, 6.45) is 0. The molecule has 0 saturated carbocycles. The van der Waals surface area contributed by atoms with E-state index >= 15 is 0 Å².